The van der Waals surface area contributed by atoms with Gasteiger partial charge in [-0.2, -0.15) is 11.8 Å². The van der Waals surface area contributed by atoms with E-state index in [1.54, 1.807) is 29.9 Å². The van der Waals surface area contributed by atoms with Crippen LogP contribution >= 0.6 is 24.0 Å². The summed E-state index contributed by atoms with van der Waals surface area (Å²) < 4.78 is 25.4. The van der Waals surface area contributed by atoms with Crippen molar-refractivity contribution in [1.82, 2.24) is 4.31 Å². The van der Waals surface area contributed by atoms with Gasteiger partial charge in [-0.05, 0) is 32.9 Å². The highest BCUT2D eigenvalue weighted by molar-refractivity contribution is 8.02. The lowest BCUT2D eigenvalue weighted by Gasteiger charge is -2.39. The third kappa shape index (κ3) is 2.94. The zero-order chi connectivity index (χ0) is 13.3. The molecule has 1 heterocycles. The lowest BCUT2D eigenvalue weighted by Crippen LogP contribution is -2.51. The Labute approximate surface area is 113 Å². The highest BCUT2D eigenvalue weighted by Gasteiger charge is 2.40. The minimum Gasteiger partial charge on any atom is -0.392 e. The van der Waals surface area contributed by atoms with Crippen molar-refractivity contribution in [1.29, 1.82) is 0 Å². The number of nitrogens with two attached hydrogens (primary N) is 1. The monoisotopic (exact) mass is 296 g/mol. The van der Waals surface area contributed by atoms with Crippen LogP contribution in [0.4, 0.5) is 0 Å². The van der Waals surface area contributed by atoms with Crippen LogP contribution in [0.15, 0.2) is 0 Å². The van der Waals surface area contributed by atoms with Crippen molar-refractivity contribution in [2.24, 2.45) is 5.73 Å². The predicted molar refractivity (Wildman–Crippen MR) is 77.9 cm³/mol. The van der Waals surface area contributed by atoms with Gasteiger partial charge < -0.3 is 5.73 Å². The molecule has 0 amide bonds. The zero-order valence-corrected chi connectivity index (χ0v) is 12.9. The van der Waals surface area contributed by atoms with Crippen LogP contribution in [-0.4, -0.2) is 47.1 Å². The van der Waals surface area contributed by atoms with Crippen molar-refractivity contribution in [3.63, 3.8) is 0 Å². The van der Waals surface area contributed by atoms with Gasteiger partial charge >= 0.3 is 0 Å². The first-order chi connectivity index (χ1) is 7.76. The van der Waals surface area contributed by atoms with E-state index in [0.29, 0.717) is 30.9 Å². The molecule has 7 heteroatoms. The second-order valence-electron chi connectivity index (χ2n) is 4.56. The highest BCUT2D eigenvalue weighted by atomic mass is 32.2. The fraction of sp³-hybridized carbons (Fsp3) is 0.900. The van der Waals surface area contributed by atoms with Gasteiger partial charge in [-0.25, -0.2) is 12.7 Å². The van der Waals surface area contributed by atoms with E-state index in [4.69, 9.17) is 18.0 Å². The van der Waals surface area contributed by atoms with Crippen LogP contribution in [0.3, 0.4) is 0 Å². The summed E-state index contributed by atoms with van der Waals surface area (Å²) in [5.41, 5.74) is 5.77. The van der Waals surface area contributed by atoms with Gasteiger partial charge in [0, 0.05) is 13.1 Å². The summed E-state index contributed by atoms with van der Waals surface area (Å²) in [6.45, 7) is 4.44. The van der Waals surface area contributed by atoms with Gasteiger partial charge in [0.1, 0.15) is 0 Å². The van der Waals surface area contributed by atoms with Gasteiger partial charge in [-0.1, -0.05) is 12.2 Å². The Kier molecular flexibility index (Phi) is 4.85. The molecule has 1 fully saturated rings. The molecule has 1 saturated heterocycles. The number of hydrogen-bond donors (Lipinski definition) is 1. The van der Waals surface area contributed by atoms with Crippen molar-refractivity contribution in [2.45, 2.75) is 36.7 Å². The predicted octanol–water partition coefficient (Wildman–Crippen LogP) is 1.21. The Morgan fingerprint density at radius 2 is 1.88 bits per heavy atom. The first kappa shape index (κ1) is 15.2. The van der Waals surface area contributed by atoms with E-state index in [1.807, 2.05) is 6.26 Å². The molecule has 0 aromatic carbocycles. The normalized spacial score (nSPS) is 21.6. The molecule has 0 saturated carbocycles. The molecule has 2 N–H and O–H groups in total. The quantitative estimate of drug-likeness (QED) is 0.790. The average Bonchev–Trinajstić information content (AvgIpc) is 2.28. The summed E-state index contributed by atoms with van der Waals surface area (Å²) in [5.74, 6) is 0. The average molecular weight is 296 g/mol. The maximum absolute atomic E-state index is 12.0. The minimum atomic E-state index is -3.14. The SMILES string of the molecule is CSC1(C(N)=S)CCN(S(=O)(=O)C(C)C)CC1. The molecule has 0 atom stereocenters. The van der Waals surface area contributed by atoms with Crippen molar-refractivity contribution >= 4 is 39.0 Å². The number of piperidine rings is 1. The van der Waals surface area contributed by atoms with Crippen molar-refractivity contribution in [3.8, 4) is 0 Å². The van der Waals surface area contributed by atoms with Gasteiger partial charge in [0.25, 0.3) is 0 Å². The number of rotatable bonds is 4. The molecular formula is C10H20N2O2S3. The fourth-order valence-corrected chi connectivity index (χ4v) is 4.49. The molecule has 17 heavy (non-hydrogen) atoms. The lowest BCUT2D eigenvalue weighted by atomic mass is 9.97. The second-order valence-corrected chi connectivity index (χ2v) is 8.67. The molecule has 0 bridgehead atoms. The summed E-state index contributed by atoms with van der Waals surface area (Å²) in [6, 6.07) is 0. The Hall–Kier alpha value is 0.150. The molecule has 0 aromatic rings. The largest absolute Gasteiger partial charge is 0.392 e. The molecule has 4 nitrogen and oxygen atoms in total. The van der Waals surface area contributed by atoms with E-state index in [1.165, 1.54) is 0 Å². The first-order valence-electron chi connectivity index (χ1n) is 5.60. The smallest absolute Gasteiger partial charge is 0.216 e. The summed E-state index contributed by atoms with van der Waals surface area (Å²) in [4.78, 5) is 0.492. The third-order valence-electron chi connectivity index (χ3n) is 3.33. The minimum absolute atomic E-state index is 0.224. The van der Waals surface area contributed by atoms with Gasteiger partial charge in [0.05, 0.1) is 15.0 Å². The third-order valence-corrected chi connectivity index (χ3v) is 7.53. The van der Waals surface area contributed by atoms with E-state index in [0.717, 1.165) is 0 Å². The number of thioether (sulfide) groups is 1. The van der Waals surface area contributed by atoms with Crippen LogP contribution in [0.2, 0.25) is 0 Å². The summed E-state index contributed by atoms with van der Waals surface area (Å²) >= 11 is 6.73. The highest BCUT2D eigenvalue weighted by Crippen LogP contribution is 2.36. The van der Waals surface area contributed by atoms with E-state index in [-0.39, 0.29) is 10.00 Å². The Morgan fingerprint density at radius 1 is 1.41 bits per heavy atom. The lowest BCUT2D eigenvalue weighted by molar-refractivity contribution is 0.330. The molecular weight excluding hydrogens is 276 g/mol. The molecule has 0 aromatic heterocycles. The Morgan fingerprint density at radius 3 is 2.18 bits per heavy atom. The van der Waals surface area contributed by atoms with Crippen LogP contribution in [0.5, 0.6) is 0 Å². The maximum Gasteiger partial charge on any atom is 0.216 e. The summed E-state index contributed by atoms with van der Waals surface area (Å²) in [5, 5.41) is -0.367. The van der Waals surface area contributed by atoms with E-state index < -0.39 is 10.0 Å². The van der Waals surface area contributed by atoms with Crippen LogP contribution in [0, 0.1) is 0 Å². The standard InChI is InChI=1S/C10H20N2O2S3/c1-8(2)17(13,14)12-6-4-10(16-3,5-7-12)9(11)15/h8H,4-7H2,1-3H3,(H2,11,15). The van der Waals surface area contributed by atoms with E-state index in [9.17, 15) is 8.42 Å². The van der Waals surface area contributed by atoms with Gasteiger partial charge in [-0.15, -0.1) is 0 Å². The Bertz CT molecular complexity index is 384. The van der Waals surface area contributed by atoms with Crippen molar-refractivity contribution in [2.75, 3.05) is 19.3 Å². The topological polar surface area (TPSA) is 63.4 Å². The van der Waals surface area contributed by atoms with Crippen molar-refractivity contribution < 1.29 is 8.42 Å². The fourth-order valence-electron chi connectivity index (χ4n) is 1.95. The maximum atomic E-state index is 12.0. The molecule has 1 rings (SSSR count). The molecule has 0 aliphatic carbocycles. The van der Waals surface area contributed by atoms with Gasteiger partial charge in [0.15, 0.2) is 0 Å². The molecule has 0 unspecified atom stereocenters. The van der Waals surface area contributed by atoms with Gasteiger partial charge in [-0.3, -0.25) is 0 Å². The van der Waals surface area contributed by atoms with Crippen molar-refractivity contribution in [3.05, 3.63) is 0 Å². The number of nitrogens with zero attached hydrogens (tertiary/aromatic N) is 1. The summed E-state index contributed by atoms with van der Waals surface area (Å²) in [6.07, 6.45) is 3.39. The summed E-state index contributed by atoms with van der Waals surface area (Å²) in [7, 11) is -3.14. The molecule has 0 radical (unpaired) electrons. The number of hydrogen-bond acceptors (Lipinski definition) is 4. The number of thiocarbonyl (C=S) groups is 1. The van der Waals surface area contributed by atoms with Gasteiger partial charge in [0.2, 0.25) is 10.0 Å². The van der Waals surface area contributed by atoms with Crippen LogP contribution in [-0.2, 0) is 10.0 Å². The second kappa shape index (κ2) is 5.42. The number of sulfonamides is 1. The van der Waals surface area contributed by atoms with Crippen LogP contribution < -0.4 is 5.73 Å². The Balaban J connectivity index is 2.78. The zero-order valence-electron chi connectivity index (χ0n) is 10.5. The van der Waals surface area contributed by atoms with Crippen LogP contribution in [0.1, 0.15) is 26.7 Å². The van der Waals surface area contributed by atoms with E-state index in [2.05, 4.69) is 0 Å². The van der Waals surface area contributed by atoms with Crippen LogP contribution in [0.25, 0.3) is 0 Å². The molecule has 0 spiro atoms. The molecule has 100 valence electrons. The molecule has 1 aliphatic rings. The molecule has 1 aliphatic heterocycles. The van der Waals surface area contributed by atoms with E-state index >= 15 is 0 Å². The first-order valence-corrected chi connectivity index (χ1v) is 8.74.